The van der Waals surface area contributed by atoms with Gasteiger partial charge in [0, 0.05) is 25.5 Å². The Hall–Kier alpha value is -2.19. The molecule has 0 saturated carbocycles. The second-order valence-electron chi connectivity index (χ2n) is 4.50. The molecular formula is C15H16N4O2S2. The molecule has 0 saturated heterocycles. The molecule has 0 aliphatic rings. The largest absolute Gasteiger partial charge is 0.355 e. The molecule has 0 radical (unpaired) electrons. The van der Waals surface area contributed by atoms with Crippen LogP contribution in [0.25, 0.3) is 6.08 Å². The van der Waals surface area contributed by atoms with Crippen molar-refractivity contribution in [2.24, 2.45) is 0 Å². The quantitative estimate of drug-likeness (QED) is 0.641. The van der Waals surface area contributed by atoms with Crippen molar-refractivity contribution >= 4 is 46.1 Å². The zero-order chi connectivity index (χ0) is 16.8. The van der Waals surface area contributed by atoms with Crippen LogP contribution in [0.4, 0.5) is 5.13 Å². The lowest BCUT2D eigenvalue weighted by atomic mass is 10.2. The third-order valence-corrected chi connectivity index (χ3v) is 5.13. The number of aromatic nitrogens is 2. The molecule has 8 heteroatoms. The summed E-state index contributed by atoms with van der Waals surface area (Å²) in [5, 5.41) is 5.82. The third kappa shape index (κ3) is 4.64. The predicted octanol–water partition coefficient (Wildman–Crippen LogP) is 2.58. The monoisotopic (exact) mass is 348 g/mol. The molecule has 120 valence electrons. The van der Waals surface area contributed by atoms with Gasteiger partial charge in [0.2, 0.25) is 5.91 Å². The second kappa shape index (κ2) is 7.89. The minimum atomic E-state index is -0.281. The Morgan fingerprint density at radius 3 is 2.78 bits per heavy atom. The highest BCUT2D eigenvalue weighted by Gasteiger charge is 2.08. The van der Waals surface area contributed by atoms with Crippen LogP contribution in [0.1, 0.15) is 21.6 Å². The van der Waals surface area contributed by atoms with Gasteiger partial charge in [-0.3, -0.25) is 19.9 Å². The molecule has 6 nitrogen and oxygen atoms in total. The van der Waals surface area contributed by atoms with E-state index in [4.69, 9.17) is 0 Å². The Kier molecular flexibility index (Phi) is 5.89. The Bertz CT molecular complexity index is 756. The molecule has 0 aliphatic carbocycles. The first-order valence-electron chi connectivity index (χ1n) is 6.71. The first-order chi connectivity index (χ1) is 11.0. The van der Waals surface area contributed by atoms with Gasteiger partial charge in [-0.05, 0) is 30.9 Å². The Morgan fingerprint density at radius 1 is 1.35 bits per heavy atom. The van der Waals surface area contributed by atoms with Crippen LogP contribution in [-0.2, 0) is 4.79 Å². The van der Waals surface area contributed by atoms with E-state index in [2.05, 4.69) is 20.6 Å². The first-order valence-corrected chi connectivity index (χ1v) is 8.75. The number of rotatable bonds is 5. The molecule has 0 aromatic carbocycles. The van der Waals surface area contributed by atoms with Crippen molar-refractivity contribution in [2.75, 3.05) is 18.6 Å². The fraction of sp³-hybridized carbons (Fsp3) is 0.200. The van der Waals surface area contributed by atoms with E-state index < -0.39 is 0 Å². The number of nitrogens with one attached hydrogen (secondary N) is 2. The van der Waals surface area contributed by atoms with Gasteiger partial charge in [0.1, 0.15) is 0 Å². The van der Waals surface area contributed by atoms with E-state index in [0.717, 1.165) is 9.90 Å². The lowest BCUT2D eigenvalue weighted by molar-refractivity contribution is -0.111. The number of aryl methyl sites for hydroxylation is 1. The summed E-state index contributed by atoms with van der Waals surface area (Å²) in [4.78, 5) is 31.8. The van der Waals surface area contributed by atoms with Crippen LogP contribution in [0.3, 0.4) is 0 Å². The molecule has 2 aromatic rings. The Labute approximate surface area is 142 Å². The van der Waals surface area contributed by atoms with Gasteiger partial charge in [-0.1, -0.05) is 11.3 Å². The van der Waals surface area contributed by atoms with Gasteiger partial charge in [-0.25, -0.2) is 4.98 Å². The number of carbonyl (C=O) groups excluding carboxylic acids is 2. The lowest BCUT2D eigenvalue weighted by Gasteiger charge is -2.00. The average Bonchev–Trinajstić information content (AvgIpc) is 2.91. The number of thioether (sulfide) groups is 1. The fourth-order valence-corrected chi connectivity index (χ4v) is 3.38. The van der Waals surface area contributed by atoms with Crippen LogP contribution in [-0.4, -0.2) is 35.1 Å². The zero-order valence-corrected chi connectivity index (χ0v) is 14.5. The predicted molar refractivity (Wildman–Crippen MR) is 93.9 cm³/mol. The zero-order valence-electron chi connectivity index (χ0n) is 12.9. The van der Waals surface area contributed by atoms with E-state index in [0.29, 0.717) is 16.3 Å². The van der Waals surface area contributed by atoms with Gasteiger partial charge < -0.3 is 5.32 Å². The van der Waals surface area contributed by atoms with Crippen LogP contribution < -0.4 is 10.6 Å². The summed E-state index contributed by atoms with van der Waals surface area (Å²) in [7, 11) is 1.55. The molecule has 2 heterocycles. The van der Waals surface area contributed by atoms with Gasteiger partial charge in [-0.15, -0.1) is 11.8 Å². The molecule has 0 spiro atoms. The van der Waals surface area contributed by atoms with Gasteiger partial charge in [0.05, 0.1) is 15.5 Å². The lowest BCUT2D eigenvalue weighted by Crippen LogP contribution is -2.17. The van der Waals surface area contributed by atoms with Gasteiger partial charge >= 0.3 is 0 Å². The molecule has 2 rings (SSSR count). The normalized spacial score (nSPS) is 10.7. The van der Waals surface area contributed by atoms with Crippen molar-refractivity contribution in [3.8, 4) is 0 Å². The number of hydrogen-bond acceptors (Lipinski definition) is 6. The summed E-state index contributed by atoms with van der Waals surface area (Å²) in [6.07, 6.45) is 8.01. The number of anilines is 1. The first kappa shape index (κ1) is 17.2. The van der Waals surface area contributed by atoms with E-state index in [1.807, 2.05) is 13.2 Å². The molecule has 0 aliphatic heterocycles. The van der Waals surface area contributed by atoms with Crippen LogP contribution in [0.2, 0.25) is 0 Å². The maximum atomic E-state index is 11.9. The molecule has 2 N–H and O–H groups in total. The van der Waals surface area contributed by atoms with Crippen molar-refractivity contribution in [3.63, 3.8) is 0 Å². The summed E-state index contributed by atoms with van der Waals surface area (Å²) in [5.74, 6) is -0.503. The number of nitrogens with zero attached hydrogens (tertiary/aromatic N) is 2. The highest BCUT2D eigenvalue weighted by molar-refractivity contribution is 8.00. The average molecular weight is 348 g/mol. The number of carbonyl (C=O) groups is 2. The standard InChI is InChI=1S/C15H16N4O2S2/c1-9-14(22-3)23-15(18-9)19-12(20)5-4-10-6-11(8-17-7-10)13(21)16-2/h4-8H,1-3H3,(H,16,21)(H,18,19,20). The van der Waals surface area contributed by atoms with Crippen molar-refractivity contribution in [2.45, 2.75) is 11.1 Å². The highest BCUT2D eigenvalue weighted by atomic mass is 32.2. The molecule has 23 heavy (non-hydrogen) atoms. The van der Waals surface area contributed by atoms with Crippen molar-refractivity contribution in [1.29, 1.82) is 0 Å². The number of hydrogen-bond donors (Lipinski definition) is 2. The minimum Gasteiger partial charge on any atom is -0.355 e. The van der Waals surface area contributed by atoms with Gasteiger partial charge in [-0.2, -0.15) is 0 Å². The van der Waals surface area contributed by atoms with E-state index in [1.54, 1.807) is 37.1 Å². The summed E-state index contributed by atoms with van der Waals surface area (Å²) in [6, 6.07) is 1.66. The maximum absolute atomic E-state index is 11.9. The van der Waals surface area contributed by atoms with Crippen molar-refractivity contribution < 1.29 is 9.59 Å². The van der Waals surface area contributed by atoms with E-state index in [-0.39, 0.29) is 11.8 Å². The summed E-state index contributed by atoms with van der Waals surface area (Å²) >= 11 is 3.04. The molecule has 2 amide bonds. The molecule has 0 bridgehead atoms. The molecule has 0 atom stereocenters. The van der Waals surface area contributed by atoms with E-state index in [9.17, 15) is 9.59 Å². The highest BCUT2D eigenvalue weighted by Crippen LogP contribution is 2.30. The molecular weight excluding hydrogens is 332 g/mol. The minimum absolute atomic E-state index is 0.222. The molecule has 0 unspecified atom stereocenters. The Balaban J connectivity index is 2.04. The summed E-state index contributed by atoms with van der Waals surface area (Å²) in [5.41, 5.74) is 2.01. The van der Waals surface area contributed by atoms with Crippen LogP contribution >= 0.6 is 23.1 Å². The SMILES string of the molecule is CNC(=O)c1cncc(C=CC(=O)Nc2nc(C)c(SC)s2)c1. The topological polar surface area (TPSA) is 84.0 Å². The van der Waals surface area contributed by atoms with Crippen molar-refractivity contribution in [3.05, 3.63) is 41.4 Å². The van der Waals surface area contributed by atoms with E-state index in [1.165, 1.54) is 23.6 Å². The maximum Gasteiger partial charge on any atom is 0.252 e. The smallest absolute Gasteiger partial charge is 0.252 e. The second-order valence-corrected chi connectivity index (χ2v) is 6.58. The molecule has 2 aromatic heterocycles. The van der Waals surface area contributed by atoms with E-state index >= 15 is 0 Å². The van der Waals surface area contributed by atoms with Gasteiger partial charge in [0.25, 0.3) is 5.91 Å². The van der Waals surface area contributed by atoms with Gasteiger partial charge in [0.15, 0.2) is 5.13 Å². The summed E-state index contributed by atoms with van der Waals surface area (Å²) < 4.78 is 1.08. The fourth-order valence-electron chi connectivity index (χ4n) is 1.76. The number of pyridine rings is 1. The Morgan fingerprint density at radius 2 is 2.13 bits per heavy atom. The van der Waals surface area contributed by atoms with Crippen molar-refractivity contribution in [1.82, 2.24) is 15.3 Å². The number of amides is 2. The van der Waals surface area contributed by atoms with Crippen LogP contribution in [0.15, 0.2) is 28.7 Å². The number of thiazole rings is 1. The van der Waals surface area contributed by atoms with Crippen LogP contribution in [0.5, 0.6) is 0 Å². The third-order valence-electron chi connectivity index (χ3n) is 2.85. The molecule has 0 fully saturated rings. The summed E-state index contributed by atoms with van der Waals surface area (Å²) in [6.45, 7) is 1.91. The van der Waals surface area contributed by atoms with Crippen LogP contribution in [0, 0.1) is 6.92 Å².